The van der Waals surface area contributed by atoms with Crippen molar-refractivity contribution in [1.82, 2.24) is 5.32 Å². The zero-order chi connectivity index (χ0) is 25.3. The average Bonchev–Trinajstić information content (AvgIpc) is 3.08. The zero-order valence-corrected chi connectivity index (χ0v) is 21.3. The Balaban J connectivity index is 0.00000199. The molecular formula is C26H29FN2O3S2. The smallest absolute Gasteiger partial charge is 0.217 e. The van der Waals surface area contributed by atoms with Gasteiger partial charge in [-0.25, -0.2) is 4.39 Å². The van der Waals surface area contributed by atoms with Gasteiger partial charge in [0.25, 0.3) is 0 Å². The molecule has 34 heavy (non-hydrogen) atoms. The predicted molar refractivity (Wildman–Crippen MR) is 141 cm³/mol. The van der Waals surface area contributed by atoms with Crippen molar-refractivity contribution in [3.8, 4) is 0 Å². The molecular weight excluding hydrogens is 471 g/mol. The molecule has 0 bridgehead atoms. The highest BCUT2D eigenvalue weighted by atomic mass is 32.2. The molecule has 1 atom stereocenters. The summed E-state index contributed by atoms with van der Waals surface area (Å²) in [6.07, 6.45) is 4.81. The molecule has 1 unspecified atom stereocenters. The first-order valence-electron chi connectivity index (χ1n) is 10.6. The van der Waals surface area contributed by atoms with Crippen LogP contribution in [0.3, 0.4) is 0 Å². The van der Waals surface area contributed by atoms with Crippen LogP contribution < -0.4 is 11.1 Å². The van der Waals surface area contributed by atoms with Crippen LogP contribution in [0.1, 0.15) is 37.0 Å². The van der Waals surface area contributed by atoms with Gasteiger partial charge in [-0.3, -0.25) is 9.59 Å². The van der Waals surface area contributed by atoms with Gasteiger partial charge in [0.05, 0.1) is 6.04 Å². The third-order valence-electron chi connectivity index (χ3n) is 5.18. The van der Waals surface area contributed by atoms with Gasteiger partial charge < -0.3 is 15.8 Å². The lowest BCUT2D eigenvalue weighted by Gasteiger charge is -2.11. The van der Waals surface area contributed by atoms with Gasteiger partial charge in [-0.05, 0) is 84.0 Å². The van der Waals surface area contributed by atoms with Crippen LogP contribution in [0.4, 0.5) is 4.39 Å². The van der Waals surface area contributed by atoms with Crippen LogP contribution in [0, 0.1) is 5.82 Å². The molecule has 0 saturated carbocycles. The first kappa shape index (κ1) is 27.6. The van der Waals surface area contributed by atoms with Gasteiger partial charge in [0.1, 0.15) is 12.1 Å². The molecule has 0 radical (unpaired) electrons. The lowest BCUT2D eigenvalue weighted by Crippen LogP contribution is -2.36. The largest absolute Gasteiger partial charge is 0.346 e. The summed E-state index contributed by atoms with van der Waals surface area (Å²) in [7, 11) is 1.50. The molecule has 180 valence electrons. The second-order valence-electron chi connectivity index (χ2n) is 7.43. The number of rotatable bonds is 8. The summed E-state index contributed by atoms with van der Waals surface area (Å²) in [6.45, 7) is 3.27. The quantitative estimate of drug-likeness (QED) is 0.400. The fourth-order valence-electron chi connectivity index (χ4n) is 3.60. The van der Waals surface area contributed by atoms with E-state index < -0.39 is 6.04 Å². The summed E-state index contributed by atoms with van der Waals surface area (Å²) in [5, 5.41) is 2.36. The molecule has 8 heteroatoms. The topological polar surface area (TPSA) is 89.3 Å². The minimum atomic E-state index is -0.718. The van der Waals surface area contributed by atoms with Crippen LogP contribution in [0.2, 0.25) is 0 Å². The van der Waals surface area contributed by atoms with E-state index in [1.807, 2.05) is 25.3 Å². The number of amides is 1. The van der Waals surface area contributed by atoms with Crippen LogP contribution in [-0.2, 0) is 14.4 Å². The van der Waals surface area contributed by atoms with Gasteiger partial charge >= 0.3 is 0 Å². The van der Waals surface area contributed by atoms with Crippen LogP contribution in [0.5, 0.6) is 0 Å². The van der Waals surface area contributed by atoms with E-state index in [9.17, 15) is 18.8 Å². The monoisotopic (exact) mass is 500 g/mol. The SMILES string of the molecule is CN.CSc1ccc(/C=C2/C(C)=C(CC(=O)SCC(C=O)NC(C)=O)c3cc(F)ccc32)cc1. The van der Waals surface area contributed by atoms with Crippen molar-refractivity contribution in [1.29, 1.82) is 0 Å². The Morgan fingerprint density at radius 2 is 1.79 bits per heavy atom. The number of nitrogens with two attached hydrogens (primary N) is 1. The number of hydrogen-bond acceptors (Lipinski definition) is 6. The van der Waals surface area contributed by atoms with Gasteiger partial charge in [-0.2, -0.15) is 0 Å². The normalized spacial score (nSPS) is 14.2. The Morgan fingerprint density at radius 1 is 1.12 bits per heavy atom. The molecule has 2 aromatic carbocycles. The number of carbonyl (C=O) groups excluding carboxylic acids is 3. The van der Waals surface area contributed by atoms with E-state index in [4.69, 9.17) is 0 Å². The fraction of sp³-hybridized carbons (Fsp3) is 0.269. The Morgan fingerprint density at radius 3 is 2.38 bits per heavy atom. The van der Waals surface area contributed by atoms with Crippen LogP contribution in [-0.4, -0.2) is 42.4 Å². The molecule has 0 aliphatic heterocycles. The predicted octanol–water partition coefficient (Wildman–Crippen LogP) is 4.80. The molecule has 1 aliphatic rings. The maximum atomic E-state index is 14.0. The van der Waals surface area contributed by atoms with Crippen LogP contribution >= 0.6 is 23.5 Å². The van der Waals surface area contributed by atoms with Crippen molar-refractivity contribution < 1.29 is 18.8 Å². The number of allylic oxidation sites excluding steroid dienone is 3. The summed E-state index contributed by atoms with van der Waals surface area (Å²) in [5.74, 6) is -0.519. The number of carbonyl (C=O) groups is 3. The minimum absolute atomic E-state index is 0.112. The summed E-state index contributed by atoms with van der Waals surface area (Å²) in [4.78, 5) is 36.1. The summed E-state index contributed by atoms with van der Waals surface area (Å²) in [5.41, 5.74) is 9.83. The Kier molecular flexibility index (Phi) is 10.8. The van der Waals surface area contributed by atoms with Gasteiger partial charge in [-0.15, -0.1) is 11.8 Å². The first-order valence-corrected chi connectivity index (χ1v) is 12.8. The van der Waals surface area contributed by atoms with Crippen molar-refractivity contribution in [2.24, 2.45) is 5.73 Å². The summed E-state index contributed by atoms with van der Waals surface area (Å²) >= 11 is 2.67. The Labute approximate surface area is 208 Å². The third kappa shape index (κ3) is 7.16. The highest BCUT2D eigenvalue weighted by Crippen LogP contribution is 2.44. The summed E-state index contributed by atoms with van der Waals surface area (Å²) in [6, 6.07) is 12.1. The second-order valence-corrected chi connectivity index (χ2v) is 9.38. The molecule has 0 fully saturated rings. The van der Waals surface area contributed by atoms with Crippen molar-refractivity contribution in [2.75, 3.05) is 19.1 Å². The van der Waals surface area contributed by atoms with Crippen molar-refractivity contribution in [3.05, 3.63) is 70.5 Å². The maximum Gasteiger partial charge on any atom is 0.217 e. The number of fused-ring (bicyclic) bond motifs is 1. The van der Waals surface area contributed by atoms with E-state index in [-0.39, 0.29) is 29.0 Å². The molecule has 5 nitrogen and oxygen atoms in total. The summed E-state index contributed by atoms with van der Waals surface area (Å²) < 4.78 is 14.0. The molecule has 3 N–H and O–H groups in total. The molecule has 0 heterocycles. The first-order chi connectivity index (χ1) is 16.3. The fourth-order valence-corrected chi connectivity index (χ4v) is 4.78. The lowest BCUT2D eigenvalue weighted by atomic mass is 10.0. The molecule has 0 spiro atoms. The van der Waals surface area contributed by atoms with Gasteiger partial charge in [0.2, 0.25) is 5.91 Å². The zero-order valence-electron chi connectivity index (χ0n) is 19.7. The third-order valence-corrected chi connectivity index (χ3v) is 6.91. The minimum Gasteiger partial charge on any atom is -0.346 e. The van der Waals surface area contributed by atoms with Crippen molar-refractivity contribution >= 4 is 58.1 Å². The number of halogens is 1. The van der Waals surface area contributed by atoms with Crippen molar-refractivity contribution in [3.63, 3.8) is 0 Å². The highest BCUT2D eigenvalue weighted by Gasteiger charge is 2.26. The van der Waals surface area contributed by atoms with Crippen LogP contribution in [0.25, 0.3) is 17.2 Å². The Hall–Kier alpha value is -2.68. The van der Waals surface area contributed by atoms with E-state index in [1.54, 1.807) is 17.8 Å². The maximum absolute atomic E-state index is 14.0. The Bertz CT molecular complexity index is 1110. The molecule has 3 rings (SSSR count). The van der Waals surface area contributed by atoms with Crippen molar-refractivity contribution in [2.45, 2.75) is 31.2 Å². The van der Waals surface area contributed by atoms with Gasteiger partial charge in [0, 0.05) is 24.0 Å². The van der Waals surface area contributed by atoms with Crippen LogP contribution in [0.15, 0.2) is 52.9 Å². The standard InChI is InChI=1S/C25H24FNO3S2.CH5N/c1-15-22(10-17-4-7-20(31-3)8-5-17)21-9-6-18(26)11-24(21)23(15)12-25(30)32-14-19(13-28)27-16(2)29;1-2/h4-11,13,19H,12,14H2,1-3H3,(H,27,29);2H2,1H3/b22-10-;. The van der Waals surface area contributed by atoms with E-state index in [2.05, 4.69) is 29.3 Å². The number of nitrogens with one attached hydrogen (secondary N) is 1. The number of benzene rings is 2. The second kappa shape index (κ2) is 13.3. The average molecular weight is 501 g/mol. The molecule has 2 aromatic rings. The molecule has 0 aromatic heterocycles. The highest BCUT2D eigenvalue weighted by molar-refractivity contribution is 8.13. The van der Waals surface area contributed by atoms with Gasteiger partial charge in [-0.1, -0.05) is 30.0 Å². The molecule has 0 saturated heterocycles. The van der Waals surface area contributed by atoms with E-state index in [0.717, 1.165) is 45.2 Å². The van der Waals surface area contributed by atoms with Gasteiger partial charge in [0.15, 0.2) is 5.12 Å². The number of thioether (sulfide) groups is 2. The molecule has 1 amide bonds. The van der Waals surface area contributed by atoms with E-state index >= 15 is 0 Å². The number of aldehydes is 1. The van der Waals surface area contributed by atoms with E-state index in [0.29, 0.717) is 6.29 Å². The van der Waals surface area contributed by atoms with E-state index in [1.165, 1.54) is 31.0 Å². The lowest BCUT2D eigenvalue weighted by molar-refractivity contribution is -0.121. The number of hydrogen-bond donors (Lipinski definition) is 2. The molecule has 1 aliphatic carbocycles.